The standard InChI is InChI=1S/C9H17NO2.ClH/c1-3-9(8(11)12-2)4-6-10-7-5-9;/h10H,3-7H2,1-2H3;1H. The van der Waals surface area contributed by atoms with Crippen molar-refractivity contribution >= 4 is 18.4 Å². The Bertz CT molecular complexity index is 167. The fraction of sp³-hybridized carbons (Fsp3) is 0.889. The van der Waals surface area contributed by atoms with E-state index < -0.39 is 0 Å². The lowest BCUT2D eigenvalue weighted by Gasteiger charge is -2.33. The van der Waals surface area contributed by atoms with E-state index in [1.54, 1.807) is 0 Å². The van der Waals surface area contributed by atoms with E-state index in [9.17, 15) is 4.79 Å². The van der Waals surface area contributed by atoms with Crippen LogP contribution in [0.5, 0.6) is 0 Å². The van der Waals surface area contributed by atoms with Gasteiger partial charge in [-0.1, -0.05) is 6.92 Å². The molecule has 0 bridgehead atoms. The molecular weight excluding hydrogens is 190 g/mol. The number of hydrogen-bond acceptors (Lipinski definition) is 3. The number of nitrogens with one attached hydrogen (secondary N) is 1. The minimum atomic E-state index is -0.194. The molecule has 0 aromatic rings. The molecule has 0 aromatic heterocycles. The third-order valence-electron chi connectivity index (χ3n) is 2.86. The Morgan fingerprint density at radius 1 is 1.46 bits per heavy atom. The molecule has 1 heterocycles. The van der Waals surface area contributed by atoms with Crippen LogP contribution in [0.2, 0.25) is 0 Å². The SMILES string of the molecule is CCC1(C(=O)OC)CCNCC1.Cl. The molecule has 78 valence electrons. The molecule has 0 aliphatic carbocycles. The normalized spacial score (nSPS) is 20.2. The third-order valence-corrected chi connectivity index (χ3v) is 2.86. The van der Waals surface area contributed by atoms with E-state index in [0.717, 1.165) is 32.4 Å². The van der Waals surface area contributed by atoms with Gasteiger partial charge in [0.2, 0.25) is 0 Å². The number of ether oxygens (including phenoxy) is 1. The molecule has 0 spiro atoms. The molecule has 0 amide bonds. The van der Waals surface area contributed by atoms with Gasteiger partial charge in [-0.15, -0.1) is 12.4 Å². The Morgan fingerprint density at radius 3 is 2.38 bits per heavy atom. The average Bonchev–Trinajstić information content (AvgIpc) is 2.17. The first-order chi connectivity index (χ1) is 5.75. The zero-order valence-corrected chi connectivity index (χ0v) is 9.08. The van der Waals surface area contributed by atoms with Crippen LogP contribution < -0.4 is 5.32 Å². The van der Waals surface area contributed by atoms with E-state index >= 15 is 0 Å². The van der Waals surface area contributed by atoms with Crippen molar-refractivity contribution in [2.75, 3.05) is 20.2 Å². The highest BCUT2D eigenvalue weighted by molar-refractivity contribution is 5.85. The molecule has 1 N–H and O–H groups in total. The Morgan fingerprint density at radius 2 is 2.00 bits per heavy atom. The van der Waals surface area contributed by atoms with Crippen LogP contribution >= 0.6 is 12.4 Å². The Balaban J connectivity index is 0.00000144. The highest BCUT2D eigenvalue weighted by Crippen LogP contribution is 2.33. The maximum atomic E-state index is 11.5. The maximum Gasteiger partial charge on any atom is 0.311 e. The summed E-state index contributed by atoms with van der Waals surface area (Å²) in [5, 5.41) is 3.24. The van der Waals surface area contributed by atoms with Crippen molar-refractivity contribution in [2.45, 2.75) is 26.2 Å². The van der Waals surface area contributed by atoms with Gasteiger partial charge in [0.05, 0.1) is 12.5 Å². The van der Waals surface area contributed by atoms with Gasteiger partial charge >= 0.3 is 5.97 Å². The number of carbonyl (C=O) groups excluding carboxylic acids is 1. The lowest BCUT2D eigenvalue weighted by Crippen LogP contribution is -2.42. The molecule has 0 saturated carbocycles. The molecule has 1 fully saturated rings. The molecule has 4 heteroatoms. The quantitative estimate of drug-likeness (QED) is 0.695. The van der Waals surface area contributed by atoms with Gasteiger partial charge in [-0.05, 0) is 32.4 Å². The predicted octanol–water partition coefficient (Wildman–Crippen LogP) is 1.36. The Hall–Kier alpha value is -0.280. The van der Waals surface area contributed by atoms with Gasteiger partial charge in [0.1, 0.15) is 0 Å². The summed E-state index contributed by atoms with van der Waals surface area (Å²) >= 11 is 0. The molecule has 1 rings (SSSR count). The zero-order valence-electron chi connectivity index (χ0n) is 8.26. The van der Waals surface area contributed by atoms with Crippen molar-refractivity contribution in [3.05, 3.63) is 0 Å². The van der Waals surface area contributed by atoms with Gasteiger partial charge in [0.25, 0.3) is 0 Å². The fourth-order valence-corrected chi connectivity index (χ4v) is 1.82. The second kappa shape index (κ2) is 5.45. The number of methoxy groups -OCH3 is 1. The van der Waals surface area contributed by atoms with E-state index in [2.05, 4.69) is 12.2 Å². The lowest BCUT2D eigenvalue weighted by molar-refractivity contribution is -0.154. The minimum absolute atomic E-state index is 0. The number of carbonyl (C=O) groups is 1. The molecule has 1 aliphatic rings. The highest BCUT2D eigenvalue weighted by Gasteiger charge is 2.38. The molecule has 13 heavy (non-hydrogen) atoms. The topological polar surface area (TPSA) is 38.3 Å². The van der Waals surface area contributed by atoms with E-state index in [1.165, 1.54) is 7.11 Å². The largest absolute Gasteiger partial charge is 0.469 e. The van der Waals surface area contributed by atoms with Crippen molar-refractivity contribution in [1.29, 1.82) is 0 Å². The van der Waals surface area contributed by atoms with E-state index in [-0.39, 0.29) is 23.8 Å². The molecule has 0 unspecified atom stereocenters. The first-order valence-electron chi connectivity index (χ1n) is 4.54. The summed E-state index contributed by atoms with van der Waals surface area (Å²) in [6.07, 6.45) is 2.72. The van der Waals surface area contributed by atoms with Crippen molar-refractivity contribution in [3.63, 3.8) is 0 Å². The summed E-state index contributed by atoms with van der Waals surface area (Å²) in [7, 11) is 1.47. The molecular formula is C9H18ClNO2. The van der Waals surface area contributed by atoms with Gasteiger partial charge < -0.3 is 10.1 Å². The van der Waals surface area contributed by atoms with Gasteiger partial charge in [-0.2, -0.15) is 0 Å². The molecule has 3 nitrogen and oxygen atoms in total. The predicted molar refractivity (Wildman–Crippen MR) is 54.1 cm³/mol. The summed E-state index contributed by atoms with van der Waals surface area (Å²) in [6.45, 7) is 3.92. The Kier molecular flexibility index (Phi) is 5.33. The molecule has 0 aromatic carbocycles. The van der Waals surface area contributed by atoms with Crippen LogP contribution in [0.4, 0.5) is 0 Å². The number of esters is 1. The molecule has 1 saturated heterocycles. The van der Waals surface area contributed by atoms with Crippen LogP contribution in [0.25, 0.3) is 0 Å². The van der Waals surface area contributed by atoms with Crippen molar-refractivity contribution < 1.29 is 9.53 Å². The minimum Gasteiger partial charge on any atom is -0.469 e. The molecule has 0 radical (unpaired) electrons. The second-order valence-corrected chi connectivity index (χ2v) is 3.38. The van der Waals surface area contributed by atoms with Crippen molar-refractivity contribution in [3.8, 4) is 0 Å². The number of halogens is 1. The number of rotatable bonds is 2. The van der Waals surface area contributed by atoms with Crippen LogP contribution in [-0.2, 0) is 9.53 Å². The monoisotopic (exact) mass is 207 g/mol. The summed E-state index contributed by atoms with van der Waals surface area (Å²) in [5.74, 6) is -0.0356. The van der Waals surface area contributed by atoms with Gasteiger partial charge in [0, 0.05) is 0 Å². The zero-order chi connectivity index (χ0) is 9.03. The first-order valence-corrected chi connectivity index (χ1v) is 4.54. The van der Waals surface area contributed by atoms with E-state index in [4.69, 9.17) is 4.74 Å². The third kappa shape index (κ3) is 2.58. The highest BCUT2D eigenvalue weighted by atomic mass is 35.5. The fourth-order valence-electron chi connectivity index (χ4n) is 1.82. The van der Waals surface area contributed by atoms with Gasteiger partial charge in [-0.25, -0.2) is 0 Å². The van der Waals surface area contributed by atoms with Crippen molar-refractivity contribution in [2.24, 2.45) is 5.41 Å². The lowest BCUT2D eigenvalue weighted by atomic mass is 9.77. The van der Waals surface area contributed by atoms with Gasteiger partial charge in [-0.3, -0.25) is 4.79 Å². The smallest absolute Gasteiger partial charge is 0.311 e. The molecule has 1 aliphatic heterocycles. The van der Waals surface area contributed by atoms with Crippen molar-refractivity contribution in [1.82, 2.24) is 5.32 Å². The van der Waals surface area contributed by atoms with Gasteiger partial charge in [0.15, 0.2) is 0 Å². The number of hydrogen-bond donors (Lipinski definition) is 1. The Labute approximate surface area is 85.6 Å². The average molecular weight is 208 g/mol. The molecule has 0 atom stereocenters. The second-order valence-electron chi connectivity index (χ2n) is 3.38. The summed E-state index contributed by atoms with van der Waals surface area (Å²) in [6, 6.07) is 0. The summed E-state index contributed by atoms with van der Waals surface area (Å²) < 4.78 is 4.82. The summed E-state index contributed by atoms with van der Waals surface area (Å²) in [4.78, 5) is 11.5. The van der Waals surface area contributed by atoms with Crippen LogP contribution in [0.1, 0.15) is 26.2 Å². The summed E-state index contributed by atoms with van der Waals surface area (Å²) in [5.41, 5.74) is -0.194. The van der Waals surface area contributed by atoms with E-state index in [0.29, 0.717) is 0 Å². The van der Waals surface area contributed by atoms with Crippen LogP contribution in [-0.4, -0.2) is 26.2 Å². The maximum absolute atomic E-state index is 11.5. The first kappa shape index (κ1) is 12.7. The number of piperidine rings is 1. The van der Waals surface area contributed by atoms with E-state index in [1.807, 2.05) is 0 Å². The van der Waals surface area contributed by atoms with Crippen LogP contribution in [0.3, 0.4) is 0 Å². The van der Waals surface area contributed by atoms with Crippen LogP contribution in [0, 0.1) is 5.41 Å². The van der Waals surface area contributed by atoms with Crippen LogP contribution in [0.15, 0.2) is 0 Å².